The second-order valence-corrected chi connectivity index (χ2v) is 6.58. The van der Waals surface area contributed by atoms with Crippen LogP contribution < -0.4 is 0 Å². The number of ether oxygens (including phenoxy) is 1. The molecule has 16 nitrogen and oxygen atoms in total. The number of carboxylic acid groups (broad SMARTS) is 4. The lowest BCUT2D eigenvalue weighted by atomic mass is 10.0. The van der Waals surface area contributed by atoms with Crippen molar-refractivity contribution in [2.45, 2.75) is 24.4 Å². The van der Waals surface area contributed by atoms with Crippen molar-refractivity contribution in [2.75, 3.05) is 45.9 Å². The highest BCUT2D eigenvalue weighted by molar-refractivity contribution is 5.80. The largest absolute Gasteiger partial charge is 0.480 e. The molecule has 0 amide bonds. The van der Waals surface area contributed by atoms with Gasteiger partial charge in [0.05, 0.1) is 32.8 Å². The van der Waals surface area contributed by atoms with E-state index in [0.717, 1.165) is 9.80 Å². The first-order valence-electron chi connectivity index (χ1n) is 8.95. The summed E-state index contributed by atoms with van der Waals surface area (Å²) in [5.74, 6) is -7.38. The van der Waals surface area contributed by atoms with Crippen molar-refractivity contribution in [2.24, 2.45) is 0 Å². The molecule has 0 saturated heterocycles. The number of aliphatic carboxylic acids is 4. The molecule has 0 bridgehead atoms. The molecule has 0 aromatic rings. The lowest BCUT2D eigenvalue weighted by Crippen LogP contribution is -2.51. The fourth-order valence-corrected chi connectivity index (χ4v) is 2.43. The standard InChI is InChI=1S/C16H26N2O14/c19-7-8(20)13(28)14(29)15(16(30)31)32-12(27)6-18(5-11(25)26)2-1-17(3-9(21)22)4-10(23)24/h8,13-15,19-20,28-29H,1-7H2,(H,21,22)(H,23,24)(H,25,26)(H,30,31)/t8-,13-,14+,15-/m1/s1. The van der Waals surface area contributed by atoms with Crippen molar-refractivity contribution < 1.29 is 69.6 Å². The smallest absolute Gasteiger partial charge is 0.347 e. The van der Waals surface area contributed by atoms with Gasteiger partial charge in [-0.1, -0.05) is 0 Å². The van der Waals surface area contributed by atoms with Crippen LogP contribution in [0.3, 0.4) is 0 Å². The molecule has 184 valence electrons. The highest BCUT2D eigenvalue weighted by Crippen LogP contribution is 2.10. The van der Waals surface area contributed by atoms with Crippen molar-refractivity contribution in [3.63, 3.8) is 0 Å². The fraction of sp³-hybridized carbons (Fsp3) is 0.688. The average Bonchev–Trinajstić information content (AvgIpc) is 2.66. The number of carbonyl (C=O) groups is 5. The summed E-state index contributed by atoms with van der Waals surface area (Å²) < 4.78 is 4.56. The summed E-state index contributed by atoms with van der Waals surface area (Å²) in [5, 5.41) is 73.2. The molecular formula is C16H26N2O14. The molecule has 0 fully saturated rings. The van der Waals surface area contributed by atoms with Crippen LogP contribution in [0, 0.1) is 0 Å². The van der Waals surface area contributed by atoms with E-state index in [1.165, 1.54) is 0 Å². The molecule has 0 aliphatic heterocycles. The molecule has 0 unspecified atom stereocenters. The minimum absolute atomic E-state index is 0.286. The molecule has 0 rings (SSSR count). The summed E-state index contributed by atoms with van der Waals surface area (Å²) in [5.41, 5.74) is 0. The molecule has 32 heavy (non-hydrogen) atoms. The molecule has 0 saturated carbocycles. The van der Waals surface area contributed by atoms with Crippen molar-refractivity contribution in [3.05, 3.63) is 0 Å². The van der Waals surface area contributed by atoms with Gasteiger partial charge >= 0.3 is 29.8 Å². The van der Waals surface area contributed by atoms with Crippen LogP contribution in [0.15, 0.2) is 0 Å². The number of nitrogens with zero attached hydrogens (tertiary/aromatic N) is 2. The van der Waals surface area contributed by atoms with Crippen LogP contribution in [0.4, 0.5) is 0 Å². The molecule has 0 aliphatic carbocycles. The van der Waals surface area contributed by atoms with Crippen LogP contribution in [0.5, 0.6) is 0 Å². The second kappa shape index (κ2) is 14.2. The lowest BCUT2D eigenvalue weighted by molar-refractivity contribution is -0.183. The summed E-state index contributed by atoms with van der Waals surface area (Å²) in [6.45, 7) is -4.65. The highest BCUT2D eigenvalue weighted by Gasteiger charge is 2.38. The van der Waals surface area contributed by atoms with Crippen molar-refractivity contribution in [1.82, 2.24) is 9.80 Å². The zero-order valence-electron chi connectivity index (χ0n) is 16.7. The highest BCUT2D eigenvalue weighted by atomic mass is 16.6. The van der Waals surface area contributed by atoms with E-state index >= 15 is 0 Å². The number of esters is 1. The normalized spacial score (nSPS) is 15.1. The number of carbonyl (C=O) groups excluding carboxylic acids is 1. The van der Waals surface area contributed by atoms with Crippen LogP contribution in [-0.2, 0) is 28.7 Å². The maximum atomic E-state index is 12.1. The predicted octanol–water partition coefficient (Wildman–Crippen LogP) is -5.08. The number of hydrogen-bond donors (Lipinski definition) is 8. The predicted molar refractivity (Wildman–Crippen MR) is 98.4 cm³/mol. The maximum absolute atomic E-state index is 12.1. The van der Waals surface area contributed by atoms with Crippen molar-refractivity contribution in [1.29, 1.82) is 0 Å². The number of carboxylic acids is 4. The van der Waals surface area contributed by atoms with Crippen LogP contribution in [0.25, 0.3) is 0 Å². The van der Waals surface area contributed by atoms with Crippen LogP contribution in [-0.4, -0.2) is 151 Å². The number of hydrogen-bond acceptors (Lipinski definition) is 12. The van der Waals surface area contributed by atoms with Crippen molar-refractivity contribution >= 4 is 29.8 Å². The Hall–Kier alpha value is -2.89. The SMILES string of the molecule is O=C(O)CN(CCN(CC(=O)O)CC(=O)O[C@@H](C(=O)O)[C@@H](O)[C@H](O)[C@H](O)CO)CC(=O)O. The lowest BCUT2D eigenvalue weighted by Gasteiger charge is -2.27. The minimum atomic E-state index is -2.37. The van der Waals surface area contributed by atoms with Gasteiger partial charge in [-0.25, -0.2) is 4.79 Å². The fourth-order valence-electron chi connectivity index (χ4n) is 2.43. The summed E-state index contributed by atoms with van der Waals surface area (Å²) in [4.78, 5) is 57.8. The molecule has 4 atom stereocenters. The van der Waals surface area contributed by atoms with Crippen LogP contribution >= 0.6 is 0 Å². The first-order valence-corrected chi connectivity index (χ1v) is 8.95. The monoisotopic (exact) mass is 470 g/mol. The molecule has 8 N–H and O–H groups in total. The van der Waals surface area contributed by atoms with E-state index in [-0.39, 0.29) is 13.1 Å². The number of aliphatic hydroxyl groups excluding tert-OH is 4. The Kier molecular flexibility index (Phi) is 12.9. The van der Waals surface area contributed by atoms with E-state index in [0.29, 0.717) is 0 Å². The van der Waals surface area contributed by atoms with Gasteiger partial charge in [0.15, 0.2) is 0 Å². The number of rotatable bonds is 17. The molecule has 16 heteroatoms. The van der Waals surface area contributed by atoms with E-state index in [1.807, 2.05) is 0 Å². The number of aliphatic hydroxyl groups is 4. The molecule has 0 aromatic heterocycles. The average molecular weight is 470 g/mol. The molecule has 0 aromatic carbocycles. The van der Waals surface area contributed by atoms with Gasteiger partial charge < -0.3 is 45.6 Å². The minimum Gasteiger partial charge on any atom is -0.480 e. The Morgan fingerprint density at radius 3 is 1.44 bits per heavy atom. The summed E-state index contributed by atoms with van der Waals surface area (Å²) in [6, 6.07) is 0. The summed E-state index contributed by atoms with van der Waals surface area (Å²) in [6.07, 6.45) is -8.85. The second-order valence-electron chi connectivity index (χ2n) is 6.58. The summed E-state index contributed by atoms with van der Waals surface area (Å²) in [7, 11) is 0. The van der Waals surface area contributed by atoms with Gasteiger partial charge in [0.25, 0.3) is 0 Å². The van der Waals surface area contributed by atoms with Gasteiger partial charge in [0, 0.05) is 13.1 Å². The molecular weight excluding hydrogens is 444 g/mol. The summed E-state index contributed by atoms with van der Waals surface area (Å²) >= 11 is 0. The van der Waals surface area contributed by atoms with Crippen molar-refractivity contribution in [3.8, 4) is 0 Å². The molecule has 0 aliphatic rings. The Bertz CT molecular complexity index is 655. The maximum Gasteiger partial charge on any atom is 0.347 e. The zero-order chi connectivity index (χ0) is 25.0. The van der Waals surface area contributed by atoms with E-state index in [2.05, 4.69) is 4.74 Å². The van der Waals surface area contributed by atoms with Crippen LogP contribution in [0.1, 0.15) is 0 Å². The quantitative estimate of drug-likeness (QED) is 0.0924. The Morgan fingerprint density at radius 2 is 1.09 bits per heavy atom. The van der Waals surface area contributed by atoms with E-state index < -0.39 is 87.0 Å². The van der Waals surface area contributed by atoms with E-state index in [9.17, 15) is 39.3 Å². The Morgan fingerprint density at radius 1 is 0.688 bits per heavy atom. The van der Waals surface area contributed by atoms with Crippen LogP contribution in [0.2, 0.25) is 0 Å². The van der Waals surface area contributed by atoms with Gasteiger partial charge in [0.1, 0.15) is 18.3 Å². The van der Waals surface area contributed by atoms with E-state index in [4.69, 9.17) is 25.5 Å². The first kappa shape index (κ1) is 29.1. The Labute approximate surface area is 180 Å². The van der Waals surface area contributed by atoms with Gasteiger partial charge in [-0.2, -0.15) is 0 Å². The molecule has 0 radical (unpaired) electrons. The topological polar surface area (TPSA) is 263 Å². The van der Waals surface area contributed by atoms with Gasteiger partial charge in [-0.3, -0.25) is 29.0 Å². The Balaban J connectivity index is 5.21. The van der Waals surface area contributed by atoms with Gasteiger partial charge in [-0.05, 0) is 0 Å². The first-order chi connectivity index (χ1) is 14.8. The third kappa shape index (κ3) is 11.5. The van der Waals surface area contributed by atoms with Gasteiger partial charge in [-0.15, -0.1) is 0 Å². The third-order valence-electron chi connectivity index (χ3n) is 3.90. The van der Waals surface area contributed by atoms with Gasteiger partial charge in [0.2, 0.25) is 6.10 Å². The zero-order valence-corrected chi connectivity index (χ0v) is 16.7. The van der Waals surface area contributed by atoms with E-state index in [1.54, 1.807) is 0 Å². The third-order valence-corrected chi connectivity index (χ3v) is 3.90. The molecule has 0 heterocycles. The molecule has 0 spiro atoms.